The summed E-state index contributed by atoms with van der Waals surface area (Å²) < 4.78 is 0. The van der Waals surface area contributed by atoms with Crippen LogP contribution < -0.4 is 0 Å². The van der Waals surface area contributed by atoms with Crippen LogP contribution in [0.25, 0.3) is 0 Å². The third-order valence-corrected chi connectivity index (χ3v) is 3.58. The van der Waals surface area contributed by atoms with Gasteiger partial charge in [0.15, 0.2) is 0 Å². The van der Waals surface area contributed by atoms with Gasteiger partial charge in [-0.1, -0.05) is 6.58 Å². The van der Waals surface area contributed by atoms with Crippen molar-refractivity contribution in [3.05, 3.63) is 12.3 Å². The Balaban J connectivity index is 2.16. The van der Waals surface area contributed by atoms with Crippen LogP contribution in [0.2, 0.25) is 0 Å². The van der Waals surface area contributed by atoms with Crippen molar-refractivity contribution >= 4 is 0 Å². The van der Waals surface area contributed by atoms with E-state index < -0.39 is 0 Å². The van der Waals surface area contributed by atoms with Gasteiger partial charge in [0.05, 0.1) is 5.54 Å². The Morgan fingerprint density at radius 3 is 2.62 bits per heavy atom. The number of likely N-dealkylation sites (tertiary alicyclic amines) is 2. The third kappa shape index (κ3) is 1.37. The highest BCUT2D eigenvalue weighted by atomic mass is 15.3. The Morgan fingerprint density at radius 2 is 2.08 bits per heavy atom. The minimum Gasteiger partial charge on any atom is -0.369 e. The van der Waals surface area contributed by atoms with E-state index in [0.717, 1.165) is 0 Å². The Morgan fingerprint density at radius 1 is 1.31 bits per heavy atom. The van der Waals surface area contributed by atoms with Crippen LogP contribution >= 0.6 is 0 Å². The Hall–Kier alpha value is -0.500. The van der Waals surface area contributed by atoms with Crippen molar-refractivity contribution in [2.24, 2.45) is 0 Å². The number of likely N-dealkylation sites (N-methyl/N-ethyl adjacent to an activating group) is 1. The average Bonchev–Trinajstić information content (AvgIpc) is 2.60. The van der Waals surface area contributed by atoms with Crippen LogP contribution in [-0.2, 0) is 0 Å². The first kappa shape index (κ1) is 9.07. The summed E-state index contributed by atoms with van der Waals surface area (Å²) in [5, 5.41) is 0. The van der Waals surface area contributed by atoms with E-state index in [4.69, 9.17) is 0 Å². The highest BCUT2D eigenvalue weighted by Crippen LogP contribution is 2.38. The molecular formula is C11H20N2. The minimum absolute atomic E-state index is 0.459. The van der Waals surface area contributed by atoms with Crippen LogP contribution in [0, 0.1) is 0 Å². The topological polar surface area (TPSA) is 6.48 Å². The summed E-state index contributed by atoms with van der Waals surface area (Å²) in [6.45, 7) is 9.95. The fraction of sp³-hybridized carbons (Fsp3) is 0.818. The standard InChI is InChI=1S/C11H20N2/c1-10(2)13-7-4-5-11(13)6-8-12(3)9-11/h1,4-9H2,2-3H3. The maximum absolute atomic E-state index is 4.09. The van der Waals surface area contributed by atoms with Crippen molar-refractivity contribution in [3.8, 4) is 0 Å². The van der Waals surface area contributed by atoms with Crippen molar-refractivity contribution in [1.29, 1.82) is 0 Å². The lowest BCUT2D eigenvalue weighted by molar-refractivity contribution is 0.189. The van der Waals surface area contributed by atoms with E-state index in [2.05, 4.69) is 30.4 Å². The van der Waals surface area contributed by atoms with Crippen molar-refractivity contribution in [2.75, 3.05) is 26.7 Å². The smallest absolute Gasteiger partial charge is 0.0538 e. The first-order chi connectivity index (χ1) is 6.14. The second kappa shape index (κ2) is 3.02. The van der Waals surface area contributed by atoms with Gasteiger partial charge in [0.25, 0.3) is 0 Å². The van der Waals surface area contributed by atoms with Gasteiger partial charge in [0, 0.05) is 25.3 Å². The normalized spacial score (nSPS) is 34.8. The first-order valence-electron chi connectivity index (χ1n) is 5.26. The molecular weight excluding hydrogens is 160 g/mol. The van der Waals surface area contributed by atoms with E-state index >= 15 is 0 Å². The quantitative estimate of drug-likeness (QED) is 0.606. The number of allylic oxidation sites excluding steroid dienone is 1. The molecule has 1 spiro atoms. The van der Waals surface area contributed by atoms with Crippen LogP contribution in [0.15, 0.2) is 12.3 Å². The summed E-state index contributed by atoms with van der Waals surface area (Å²) in [5.74, 6) is 0. The van der Waals surface area contributed by atoms with E-state index in [0.29, 0.717) is 5.54 Å². The summed E-state index contributed by atoms with van der Waals surface area (Å²) in [6.07, 6.45) is 4.04. The molecule has 1 unspecified atom stereocenters. The van der Waals surface area contributed by atoms with Crippen molar-refractivity contribution in [1.82, 2.24) is 9.80 Å². The SMILES string of the molecule is C=C(C)N1CCCC12CCN(C)C2. The molecule has 0 aromatic heterocycles. The van der Waals surface area contributed by atoms with Gasteiger partial charge in [-0.25, -0.2) is 0 Å². The largest absolute Gasteiger partial charge is 0.369 e. The second-order valence-corrected chi connectivity index (χ2v) is 4.70. The van der Waals surface area contributed by atoms with Gasteiger partial charge in [-0.3, -0.25) is 0 Å². The second-order valence-electron chi connectivity index (χ2n) is 4.70. The first-order valence-corrected chi connectivity index (χ1v) is 5.26. The predicted octanol–water partition coefficient (Wildman–Crippen LogP) is 1.69. The molecule has 0 bridgehead atoms. The summed E-state index contributed by atoms with van der Waals surface area (Å²) in [7, 11) is 2.23. The molecule has 2 saturated heterocycles. The zero-order chi connectivity index (χ0) is 9.47. The van der Waals surface area contributed by atoms with Crippen LogP contribution in [0.3, 0.4) is 0 Å². The number of nitrogens with zero attached hydrogens (tertiary/aromatic N) is 2. The summed E-state index contributed by atoms with van der Waals surface area (Å²) in [6, 6.07) is 0. The maximum Gasteiger partial charge on any atom is 0.0538 e. The number of rotatable bonds is 1. The average molecular weight is 180 g/mol. The van der Waals surface area contributed by atoms with Crippen molar-refractivity contribution in [2.45, 2.75) is 31.7 Å². The van der Waals surface area contributed by atoms with E-state index in [1.807, 2.05) is 0 Å². The number of hydrogen-bond donors (Lipinski definition) is 0. The lowest BCUT2D eigenvalue weighted by atomic mass is 9.95. The zero-order valence-electron chi connectivity index (χ0n) is 8.84. The predicted molar refractivity (Wildman–Crippen MR) is 55.6 cm³/mol. The third-order valence-electron chi connectivity index (χ3n) is 3.58. The van der Waals surface area contributed by atoms with Crippen LogP contribution in [0.4, 0.5) is 0 Å². The summed E-state index contributed by atoms with van der Waals surface area (Å²) in [5.41, 5.74) is 1.72. The van der Waals surface area contributed by atoms with Gasteiger partial charge in [0.2, 0.25) is 0 Å². The molecule has 2 aliphatic heterocycles. The monoisotopic (exact) mass is 180 g/mol. The Labute approximate surface area is 81.2 Å². The molecule has 0 saturated carbocycles. The molecule has 0 radical (unpaired) electrons. The van der Waals surface area contributed by atoms with Gasteiger partial charge in [-0.2, -0.15) is 0 Å². The van der Waals surface area contributed by atoms with Gasteiger partial charge in [-0.05, 0) is 33.2 Å². The van der Waals surface area contributed by atoms with Crippen LogP contribution in [0.5, 0.6) is 0 Å². The molecule has 0 N–H and O–H groups in total. The Kier molecular flexibility index (Phi) is 2.11. The van der Waals surface area contributed by atoms with E-state index in [1.54, 1.807) is 0 Å². The zero-order valence-corrected chi connectivity index (χ0v) is 8.84. The van der Waals surface area contributed by atoms with Gasteiger partial charge < -0.3 is 9.80 Å². The fourth-order valence-electron chi connectivity index (χ4n) is 3.02. The molecule has 2 fully saturated rings. The molecule has 1 atom stereocenters. The Bertz CT molecular complexity index is 224. The van der Waals surface area contributed by atoms with E-state index in [-0.39, 0.29) is 0 Å². The molecule has 0 aromatic rings. The fourth-order valence-corrected chi connectivity index (χ4v) is 3.02. The van der Waals surface area contributed by atoms with Gasteiger partial charge >= 0.3 is 0 Å². The molecule has 0 aliphatic carbocycles. The van der Waals surface area contributed by atoms with Crippen molar-refractivity contribution in [3.63, 3.8) is 0 Å². The highest BCUT2D eigenvalue weighted by molar-refractivity contribution is 5.09. The van der Waals surface area contributed by atoms with Crippen molar-refractivity contribution < 1.29 is 0 Å². The summed E-state index contributed by atoms with van der Waals surface area (Å²) in [4.78, 5) is 4.98. The molecule has 2 rings (SSSR count). The minimum atomic E-state index is 0.459. The van der Waals surface area contributed by atoms with Gasteiger partial charge in [0.1, 0.15) is 0 Å². The van der Waals surface area contributed by atoms with Crippen LogP contribution in [-0.4, -0.2) is 42.0 Å². The molecule has 0 aromatic carbocycles. The molecule has 2 heterocycles. The molecule has 2 nitrogen and oxygen atoms in total. The molecule has 13 heavy (non-hydrogen) atoms. The lowest BCUT2D eigenvalue weighted by Crippen LogP contribution is -2.44. The number of hydrogen-bond acceptors (Lipinski definition) is 2. The molecule has 2 aliphatic rings. The highest BCUT2D eigenvalue weighted by Gasteiger charge is 2.44. The lowest BCUT2D eigenvalue weighted by Gasteiger charge is -2.37. The van der Waals surface area contributed by atoms with E-state index in [9.17, 15) is 0 Å². The van der Waals surface area contributed by atoms with Gasteiger partial charge in [-0.15, -0.1) is 0 Å². The maximum atomic E-state index is 4.09. The molecule has 74 valence electrons. The summed E-state index contributed by atoms with van der Waals surface area (Å²) >= 11 is 0. The van der Waals surface area contributed by atoms with E-state index in [1.165, 1.54) is 44.6 Å². The molecule has 0 amide bonds. The van der Waals surface area contributed by atoms with Crippen LogP contribution in [0.1, 0.15) is 26.2 Å². The molecule has 2 heteroatoms.